The van der Waals surface area contributed by atoms with E-state index in [-0.39, 0.29) is 5.82 Å². The summed E-state index contributed by atoms with van der Waals surface area (Å²) < 4.78 is 18.7. The molecule has 1 aromatic carbocycles. The molecule has 4 nitrogen and oxygen atoms in total. The van der Waals surface area contributed by atoms with Crippen molar-refractivity contribution in [1.82, 2.24) is 15.5 Å². The fraction of sp³-hybridized carbons (Fsp3) is 0.467. The molecule has 0 amide bonds. The lowest BCUT2D eigenvalue weighted by Gasteiger charge is -1.99. The smallest absolute Gasteiger partial charge is 0.220 e. The van der Waals surface area contributed by atoms with E-state index in [1.807, 2.05) is 6.07 Å². The topological polar surface area (TPSA) is 51.0 Å². The predicted octanol–water partition coefficient (Wildman–Crippen LogP) is 2.48. The summed E-state index contributed by atoms with van der Waals surface area (Å²) in [5, 5.41) is 11.5. The summed E-state index contributed by atoms with van der Waals surface area (Å²) in [6, 6.07) is 7.19. The monoisotopic (exact) mass is 275 g/mol. The lowest BCUT2D eigenvalue weighted by Crippen LogP contribution is -2.17. The summed E-state index contributed by atoms with van der Waals surface area (Å²) in [5.74, 6) is 0.961. The maximum absolute atomic E-state index is 13.1. The van der Waals surface area contributed by atoms with Gasteiger partial charge in [0.05, 0.1) is 6.42 Å². The molecular formula is C15H18FN3O. The number of rotatable bonds is 7. The molecule has 0 spiro atoms. The summed E-state index contributed by atoms with van der Waals surface area (Å²) in [4.78, 5) is 0. The zero-order valence-corrected chi connectivity index (χ0v) is 11.3. The van der Waals surface area contributed by atoms with Gasteiger partial charge in [0.25, 0.3) is 0 Å². The normalized spacial score (nSPS) is 14.7. The number of nitrogens with one attached hydrogen (secondary N) is 1. The Bertz CT molecular complexity index is 566. The van der Waals surface area contributed by atoms with Crippen LogP contribution in [-0.2, 0) is 12.8 Å². The quantitative estimate of drug-likeness (QED) is 0.789. The molecule has 0 atom stereocenters. The number of nitrogens with zero attached hydrogens (tertiary/aromatic N) is 2. The van der Waals surface area contributed by atoms with Gasteiger partial charge >= 0.3 is 0 Å². The van der Waals surface area contributed by atoms with Crippen molar-refractivity contribution in [3.05, 3.63) is 47.4 Å². The molecule has 0 saturated heterocycles. The van der Waals surface area contributed by atoms with Crippen LogP contribution in [0.15, 0.2) is 28.7 Å². The Hall–Kier alpha value is -1.75. The summed E-state index contributed by atoms with van der Waals surface area (Å²) in [6.45, 7) is 0.992. The maximum Gasteiger partial charge on any atom is 0.220 e. The number of halogens is 1. The number of benzene rings is 1. The molecule has 1 heterocycles. The predicted molar refractivity (Wildman–Crippen MR) is 72.8 cm³/mol. The van der Waals surface area contributed by atoms with E-state index in [1.165, 1.54) is 25.0 Å². The van der Waals surface area contributed by atoms with Crippen LogP contribution in [0.25, 0.3) is 0 Å². The lowest BCUT2D eigenvalue weighted by atomic mass is 10.1. The van der Waals surface area contributed by atoms with Crippen molar-refractivity contribution in [1.29, 1.82) is 0 Å². The molecular weight excluding hydrogens is 257 g/mol. The van der Waals surface area contributed by atoms with Crippen LogP contribution in [0, 0.1) is 5.82 Å². The average Bonchev–Trinajstić information content (AvgIpc) is 3.15. The summed E-state index contributed by atoms with van der Waals surface area (Å²) in [7, 11) is 0. The van der Waals surface area contributed by atoms with Crippen LogP contribution >= 0.6 is 0 Å². The number of aromatic nitrogens is 2. The zero-order valence-electron chi connectivity index (χ0n) is 11.3. The van der Waals surface area contributed by atoms with Crippen LogP contribution in [0.5, 0.6) is 0 Å². The van der Waals surface area contributed by atoms with E-state index in [1.54, 1.807) is 6.07 Å². The van der Waals surface area contributed by atoms with E-state index in [4.69, 9.17) is 4.42 Å². The molecule has 20 heavy (non-hydrogen) atoms. The highest BCUT2D eigenvalue weighted by Crippen LogP contribution is 2.18. The molecule has 5 heteroatoms. The average molecular weight is 275 g/mol. The molecule has 2 aromatic rings. The first-order valence-electron chi connectivity index (χ1n) is 7.09. The molecule has 1 fully saturated rings. The molecule has 1 N–H and O–H groups in total. The largest absolute Gasteiger partial charge is 0.425 e. The molecule has 1 aliphatic rings. The number of hydrogen-bond donors (Lipinski definition) is 1. The lowest BCUT2D eigenvalue weighted by molar-refractivity contribution is 0.448. The van der Waals surface area contributed by atoms with Crippen LogP contribution in [0.2, 0.25) is 0 Å². The van der Waals surface area contributed by atoms with Crippen molar-refractivity contribution in [2.75, 3.05) is 6.54 Å². The second-order valence-corrected chi connectivity index (χ2v) is 5.23. The van der Waals surface area contributed by atoms with Crippen LogP contribution in [0.1, 0.15) is 36.6 Å². The Morgan fingerprint density at radius 3 is 2.90 bits per heavy atom. The van der Waals surface area contributed by atoms with Crippen molar-refractivity contribution >= 4 is 0 Å². The first-order valence-corrected chi connectivity index (χ1v) is 7.09. The van der Waals surface area contributed by atoms with E-state index < -0.39 is 0 Å². The molecule has 0 unspecified atom stereocenters. The molecule has 0 bridgehead atoms. The molecule has 1 aliphatic carbocycles. The fourth-order valence-corrected chi connectivity index (χ4v) is 2.12. The van der Waals surface area contributed by atoms with Gasteiger partial charge in [-0.1, -0.05) is 12.1 Å². The third-order valence-electron chi connectivity index (χ3n) is 3.33. The molecule has 3 rings (SSSR count). The minimum Gasteiger partial charge on any atom is -0.425 e. The van der Waals surface area contributed by atoms with Gasteiger partial charge in [0, 0.05) is 12.5 Å². The highest BCUT2D eigenvalue weighted by molar-refractivity contribution is 5.19. The van der Waals surface area contributed by atoms with E-state index in [9.17, 15) is 4.39 Å². The Balaban J connectivity index is 1.48. The van der Waals surface area contributed by atoms with Crippen LogP contribution < -0.4 is 5.32 Å². The Labute approximate surface area is 117 Å². The number of hydrogen-bond acceptors (Lipinski definition) is 4. The molecule has 106 valence electrons. The van der Waals surface area contributed by atoms with Gasteiger partial charge in [-0.15, -0.1) is 10.2 Å². The second kappa shape index (κ2) is 6.13. The van der Waals surface area contributed by atoms with Crippen molar-refractivity contribution in [2.24, 2.45) is 0 Å². The first kappa shape index (κ1) is 13.2. The van der Waals surface area contributed by atoms with Gasteiger partial charge in [0.2, 0.25) is 11.8 Å². The van der Waals surface area contributed by atoms with Gasteiger partial charge in [0.1, 0.15) is 5.82 Å². The van der Waals surface area contributed by atoms with Crippen molar-refractivity contribution in [3.8, 4) is 0 Å². The van der Waals surface area contributed by atoms with E-state index in [0.29, 0.717) is 18.2 Å². The maximum atomic E-state index is 13.1. The summed E-state index contributed by atoms with van der Waals surface area (Å²) in [6.07, 6.45) is 4.87. The Morgan fingerprint density at radius 2 is 2.10 bits per heavy atom. The van der Waals surface area contributed by atoms with Gasteiger partial charge in [-0.2, -0.15) is 0 Å². The third kappa shape index (κ3) is 3.87. The highest BCUT2D eigenvalue weighted by Gasteiger charge is 2.19. The van der Waals surface area contributed by atoms with Crippen molar-refractivity contribution in [3.63, 3.8) is 0 Å². The first-order chi connectivity index (χ1) is 9.79. The van der Waals surface area contributed by atoms with Gasteiger partial charge in [-0.3, -0.25) is 0 Å². The minimum absolute atomic E-state index is 0.242. The SMILES string of the molecule is Fc1cccc(Cc2nnc(CCCNC3CC3)o2)c1. The minimum atomic E-state index is -0.242. The molecule has 1 aromatic heterocycles. The molecule has 0 aliphatic heterocycles. The van der Waals surface area contributed by atoms with E-state index in [0.717, 1.165) is 31.0 Å². The molecule has 1 saturated carbocycles. The Morgan fingerprint density at radius 1 is 1.25 bits per heavy atom. The van der Waals surface area contributed by atoms with Crippen LogP contribution in [-0.4, -0.2) is 22.8 Å². The van der Waals surface area contributed by atoms with Crippen LogP contribution in [0.3, 0.4) is 0 Å². The zero-order chi connectivity index (χ0) is 13.8. The summed E-state index contributed by atoms with van der Waals surface area (Å²) >= 11 is 0. The van der Waals surface area contributed by atoms with Gasteiger partial charge in [-0.05, 0) is 43.5 Å². The number of aryl methyl sites for hydroxylation is 1. The van der Waals surface area contributed by atoms with Crippen molar-refractivity contribution < 1.29 is 8.81 Å². The van der Waals surface area contributed by atoms with Gasteiger partial charge in [0.15, 0.2) is 0 Å². The van der Waals surface area contributed by atoms with E-state index >= 15 is 0 Å². The highest BCUT2D eigenvalue weighted by atomic mass is 19.1. The fourth-order valence-electron chi connectivity index (χ4n) is 2.12. The Kier molecular flexibility index (Phi) is 4.06. The van der Waals surface area contributed by atoms with E-state index in [2.05, 4.69) is 15.5 Å². The van der Waals surface area contributed by atoms with Gasteiger partial charge < -0.3 is 9.73 Å². The third-order valence-corrected chi connectivity index (χ3v) is 3.33. The van der Waals surface area contributed by atoms with Crippen LogP contribution in [0.4, 0.5) is 4.39 Å². The van der Waals surface area contributed by atoms with Crippen molar-refractivity contribution in [2.45, 2.75) is 38.1 Å². The second-order valence-electron chi connectivity index (χ2n) is 5.23. The summed E-state index contributed by atoms with van der Waals surface area (Å²) in [5.41, 5.74) is 0.843. The standard InChI is InChI=1S/C15H18FN3O/c16-12-4-1-3-11(9-12)10-15-19-18-14(20-15)5-2-8-17-13-6-7-13/h1,3-4,9,13,17H,2,5-8,10H2. The molecule has 0 radical (unpaired) electrons. The van der Waals surface area contributed by atoms with Gasteiger partial charge in [-0.25, -0.2) is 4.39 Å².